The van der Waals surface area contributed by atoms with Gasteiger partial charge in [-0.05, 0) is 30.7 Å². The Hall–Kier alpha value is -1.04. The summed E-state index contributed by atoms with van der Waals surface area (Å²) in [6.45, 7) is 4.94. The molecule has 128 valence electrons. The summed E-state index contributed by atoms with van der Waals surface area (Å²) in [6, 6.07) is 10.4. The Morgan fingerprint density at radius 3 is 2.87 bits per heavy atom. The van der Waals surface area contributed by atoms with Gasteiger partial charge in [-0.3, -0.25) is 9.69 Å². The second-order valence-corrected chi connectivity index (χ2v) is 7.28. The van der Waals surface area contributed by atoms with Crippen molar-refractivity contribution in [3.63, 3.8) is 0 Å². The Kier molecular flexibility index (Phi) is 7.92. The molecule has 0 saturated carbocycles. The van der Waals surface area contributed by atoms with E-state index in [0.29, 0.717) is 5.75 Å². The first-order chi connectivity index (χ1) is 11.2. The van der Waals surface area contributed by atoms with Crippen LogP contribution in [0.5, 0.6) is 0 Å². The molecule has 0 radical (unpaired) electrons. The maximum atomic E-state index is 12.1. The molecule has 1 aromatic carbocycles. The van der Waals surface area contributed by atoms with E-state index in [2.05, 4.69) is 41.4 Å². The minimum absolute atomic E-state index is 0.0483. The van der Waals surface area contributed by atoms with Crippen molar-refractivity contribution in [3.05, 3.63) is 35.9 Å². The number of aliphatic hydroxyl groups excluding tert-OH is 1. The van der Waals surface area contributed by atoms with Crippen LogP contribution < -0.4 is 5.32 Å². The van der Waals surface area contributed by atoms with Crippen LogP contribution >= 0.6 is 11.8 Å². The minimum Gasteiger partial charge on any atom is -0.396 e. The minimum atomic E-state index is 0.0483. The normalized spacial score (nSPS) is 22.0. The number of amides is 1. The van der Waals surface area contributed by atoms with Gasteiger partial charge in [0.15, 0.2) is 0 Å². The van der Waals surface area contributed by atoms with Crippen LogP contribution in [0, 0.1) is 5.92 Å². The van der Waals surface area contributed by atoms with Gasteiger partial charge in [0.2, 0.25) is 5.91 Å². The van der Waals surface area contributed by atoms with Crippen LogP contribution in [0.15, 0.2) is 30.3 Å². The summed E-state index contributed by atoms with van der Waals surface area (Å²) in [6.07, 6.45) is 2.02. The average molecular weight is 337 g/mol. The molecule has 23 heavy (non-hydrogen) atoms. The fraction of sp³-hybridized carbons (Fsp3) is 0.611. The van der Waals surface area contributed by atoms with Crippen LogP contribution in [0.4, 0.5) is 0 Å². The molecule has 2 unspecified atom stereocenters. The molecule has 1 aromatic rings. The summed E-state index contributed by atoms with van der Waals surface area (Å²) >= 11 is 1.67. The molecule has 1 heterocycles. The zero-order valence-electron chi connectivity index (χ0n) is 13.9. The lowest BCUT2D eigenvalue weighted by atomic mass is 9.92. The number of rotatable bonds is 8. The van der Waals surface area contributed by atoms with E-state index in [1.54, 1.807) is 11.8 Å². The lowest BCUT2D eigenvalue weighted by molar-refractivity contribution is -0.120. The number of nitrogens with zero attached hydrogens (tertiary/aromatic N) is 1. The van der Waals surface area contributed by atoms with Crippen molar-refractivity contribution in [2.75, 3.05) is 31.2 Å². The molecule has 1 fully saturated rings. The van der Waals surface area contributed by atoms with Gasteiger partial charge in [-0.25, -0.2) is 0 Å². The van der Waals surface area contributed by atoms with Crippen LogP contribution in [-0.2, 0) is 11.3 Å². The second-order valence-electron chi connectivity index (χ2n) is 6.18. The Bertz CT molecular complexity index is 469. The molecule has 4 nitrogen and oxygen atoms in total. The largest absolute Gasteiger partial charge is 0.396 e. The van der Waals surface area contributed by atoms with Gasteiger partial charge in [0, 0.05) is 31.7 Å². The number of likely N-dealkylation sites (tertiary alicyclic amines) is 1. The predicted octanol–water partition coefficient (Wildman–Crippen LogP) is 2.13. The van der Waals surface area contributed by atoms with Gasteiger partial charge >= 0.3 is 0 Å². The molecule has 0 bridgehead atoms. The summed E-state index contributed by atoms with van der Waals surface area (Å²) in [7, 11) is 0. The summed E-state index contributed by atoms with van der Waals surface area (Å²) in [5.74, 6) is 1.79. The summed E-state index contributed by atoms with van der Waals surface area (Å²) in [5.41, 5.74) is 1.29. The van der Waals surface area contributed by atoms with E-state index in [9.17, 15) is 9.90 Å². The topological polar surface area (TPSA) is 52.6 Å². The van der Waals surface area contributed by atoms with Gasteiger partial charge in [0.05, 0.1) is 5.75 Å². The first-order valence-corrected chi connectivity index (χ1v) is 9.62. The maximum absolute atomic E-state index is 12.1. The molecule has 2 rings (SSSR count). The van der Waals surface area contributed by atoms with Crippen molar-refractivity contribution >= 4 is 17.7 Å². The molecule has 2 N–H and O–H groups in total. The SMILES string of the molecule is CCCSCC(=O)NC1CN(Cc2ccccc2)CCC1CO. The third-order valence-corrected chi connectivity index (χ3v) is 5.41. The van der Waals surface area contributed by atoms with Crippen molar-refractivity contribution in [1.29, 1.82) is 0 Å². The van der Waals surface area contributed by atoms with Crippen LogP contribution in [0.25, 0.3) is 0 Å². The zero-order valence-corrected chi connectivity index (χ0v) is 14.7. The van der Waals surface area contributed by atoms with Crippen LogP contribution in [0.1, 0.15) is 25.3 Å². The number of aliphatic hydroxyl groups is 1. The molecule has 0 spiro atoms. The van der Waals surface area contributed by atoms with Crippen molar-refractivity contribution in [3.8, 4) is 0 Å². The van der Waals surface area contributed by atoms with E-state index in [-0.39, 0.29) is 24.5 Å². The third-order valence-electron chi connectivity index (χ3n) is 4.25. The van der Waals surface area contributed by atoms with E-state index in [0.717, 1.165) is 38.2 Å². The first kappa shape index (κ1) is 18.3. The van der Waals surface area contributed by atoms with E-state index < -0.39 is 0 Å². The molecule has 0 aromatic heterocycles. The molecule has 2 atom stereocenters. The number of hydrogen-bond acceptors (Lipinski definition) is 4. The van der Waals surface area contributed by atoms with Crippen molar-refractivity contribution < 1.29 is 9.90 Å². The maximum Gasteiger partial charge on any atom is 0.230 e. The Labute approximate surface area is 143 Å². The smallest absolute Gasteiger partial charge is 0.230 e. The van der Waals surface area contributed by atoms with Gasteiger partial charge < -0.3 is 10.4 Å². The highest BCUT2D eigenvalue weighted by atomic mass is 32.2. The standard InChI is InChI=1S/C18H28N2O2S/c1-2-10-23-14-18(22)19-17-12-20(9-8-16(17)13-21)11-15-6-4-3-5-7-15/h3-7,16-17,21H,2,8-14H2,1H3,(H,19,22). The molecule has 0 aliphatic carbocycles. The van der Waals surface area contributed by atoms with Crippen molar-refractivity contribution in [2.24, 2.45) is 5.92 Å². The average Bonchev–Trinajstić information content (AvgIpc) is 2.56. The van der Waals surface area contributed by atoms with Gasteiger partial charge in [-0.1, -0.05) is 37.3 Å². The molecule has 5 heteroatoms. The highest BCUT2D eigenvalue weighted by molar-refractivity contribution is 7.99. The van der Waals surface area contributed by atoms with E-state index in [1.165, 1.54) is 5.56 Å². The van der Waals surface area contributed by atoms with Crippen molar-refractivity contribution in [1.82, 2.24) is 10.2 Å². The highest BCUT2D eigenvalue weighted by Gasteiger charge is 2.29. The van der Waals surface area contributed by atoms with Gasteiger partial charge in [-0.15, -0.1) is 0 Å². The summed E-state index contributed by atoms with van der Waals surface area (Å²) in [4.78, 5) is 14.4. The number of carbonyl (C=O) groups excluding carboxylic acids is 1. The predicted molar refractivity (Wildman–Crippen MR) is 96.5 cm³/mol. The number of thioether (sulfide) groups is 1. The van der Waals surface area contributed by atoms with E-state index >= 15 is 0 Å². The number of piperidine rings is 1. The molecule has 1 aliphatic heterocycles. The monoisotopic (exact) mass is 336 g/mol. The number of hydrogen-bond donors (Lipinski definition) is 2. The van der Waals surface area contributed by atoms with Gasteiger partial charge in [0.1, 0.15) is 0 Å². The lowest BCUT2D eigenvalue weighted by Crippen LogP contribution is -2.53. The van der Waals surface area contributed by atoms with Crippen LogP contribution in [0.3, 0.4) is 0 Å². The van der Waals surface area contributed by atoms with Gasteiger partial charge in [0.25, 0.3) is 0 Å². The van der Waals surface area contributed by atoms with E-state index in [1.807, 2.05) is 6.07 Å². The molecular weight excluding hydrogens is 308 g/mol. The molecule has 1 saturated heterocycles. The van der Waals surface area contributed by atoms with E-state index in [4.69, 9.17) is 0 Å². The summed E-state index contributed by atoms with van der Waals surface area (Å²) in [5, 5.41) is 12.7. The number of benzene rings is 1. The Balaban J connectivity index is 1.86. The third kappa shape index (κ3) is 6.16. The van der Waals surface area contributed by atoms with Gasteiger partial charge in [-0.2, -0.15) is 11.8 Å². The van der Waals surface area contributed by atoms with Crippen LogP contribution in [-0.4, -0.2) is 53.2 Å². The van der Waals surface area contributed by atoms with Crippen LogP contribution in [0.2, 0.25) is 0 Å². The quantitative estimate of drug-likeness (QED) is 0.714. The number of carbonyl (C=O) groups is 1. The van der Waals surface area contributed by atoms with Crippen molar-refractivity contribution in [2.45, 2.75) is 32.4 Å². The number of nitrogens with one attached hydrogen (secondary N) is 1. The zero-order chi connectivity index (χ0) is 16.5. The fourth-order valence-corrected chi connectivity index (χ4v) is 3.69. The Morgan fingerprint density at radius 1 is 1.39 bits per heavy atom. The first-order valence-electron chi connectivity index (χ1n) is 8.47. The lowest BCUT2D eigenvalue weighted by Gasteiger charge is -2.38. The fourth-order valence-electron chi connectivity index (χ4n) is 2.99. The molecule has 1 aliphatic rings. The Morgan fingerprint density at radius 2 is 2.17 bits per heavy atom. The summed E-state index contributed by atoms with van der Waals surface area (Å²) < 4.78 is 0. The second kappa shape index (κ2) is 9.96. The molecular formula is C18H28N2O2S. The molecule has 1 amide bonds. The highest BCUT2D eigenvalue weighted by Crippen LogP contribution is 2.19.